The molecule has 0 aromatic carbocycles. The Morgan fingerprint density at radius 1 is 1.73 bits per heavy atom. The van der Waals surface area contributed by atoms with Crippen molar-refractivity contribution in [1.29, 1.82) is 0 Å². The molecular formula is C8H12N2O. The highest BCUT2D eigenvalue weighted by Gasteiger charge is 2.13. The molecule has 1 amide bonds. The van der Waals surface area contributed by atoms with Gasteiger partial charge >= 0.3 is 0 Å². The monoisotopic (exact) mass is 152 g/mol. The van der Waals surface area contributed by atoms with Gasteiger partial charge in [-0.05, 0) is 25.3 Å². The summed E-state index contributed by atoms with van der Waals surface area (Å²) in [4.78, 5) is 10.7. The van der Waals surface area contributed by atoms with Crippen molar-refractivity contribution in [3.8, 4) is 12.3 Å². The summed E-state index contributed by atoms with van der Waals surface area (Å²) in [6.45, 7) is 1.88. The van der Waals surface area contributed by atoms with Crippen LogP contribution in [0.5, 0.6) is 0 Å². The fourth-order valence-corrected chi connectivity index (χ4v) is 1.20. The van der Waals surface area contributed by atoms with E-state index in [1.165, 1.54) is 0 Å². The van der Waals surface area contributed by atoms with E-state index in [2.05, 4.69) is 10.6 Å². The van der Waals surface area contributed by atoms with Crippen LogP contribution in [0, 0.1) is 12.3 Å². The number of amides is 1. The Morgan fingerprint density at radius 3 is 3.09 bits per heavy atom. The predicted molar refractivity (Wildman–Crippen MR) is 42.9 cm³/mol. The van der Waals surface area contributed by atoms with Crippen molar-refractivity contribution in [3.05, 3.63) is 0 Å². The maximum absolute atomic E-state index is 10.7. The van der Waals surface area contributed by atoms with Gasteiger partial charge in [0.2, 0.25) is 0 Å². The number of hydrogen-bond acceptors (Lipinski definition) is 2. The van der Waals surface area contributed by atoms with Gasteiger partial charge in [-0.1, -0.05) is 0 Å². The largest absolute Gasteiger partial charge is 0.341 e. The summed E-state index contributed by atoms with van der Waals surface area (Å²) in [6.07, 6.45) is 7.04. The van der Waals surface area contributed by atoms with Crippen LogP contribution in [0.15, 0.2) is 0 Å². The number of nitrogens with one attached hydrogen (secondary N) is 2. The molecule has 3 heteroatoms. The minimum Gasteiger partial charge on any atom is -0.341 e. The molecular weight excluding hydrogens is 140 g/mol. The molecule has 0 radical (unpaired) electrons. The van der Waals surface area contributed by atoms with Crippen LogP contribution in [0.25, 0.3) is 0 Å². The van der Waals surface area contributed by atoms with Crippen molar-refractivity contribution in [1.82, 2.24) is 10.6 Å². The molecule has 1 saturated heterocycles. The molecule has 0 spiro atoms. The third-order valence-electron chi connectivity index (χ3n) is 1.76. The minimum atomic E-state index is -0.307. The van der Waals surface area contributed by atoms with Crippen molar-refractivity contribution < 1.29 is 4.79 Å². The van der Waals surface area contributed by atoms with E-state index in [1.807, 2.05) is 5.92 Å². The van der Waals surface area contributed by atoms with Crippen LogP contribution in [-0.2, 0) is 4.79 Å². The van der Waals surface area contributed by atoms with E-state index in [9.17, 15) is 4.79 Å². The van der Waals surface area contributed by atoms with Crippen LogP contribution in [0.3, 0.4) is 0 Å². The molecule has 1 aliphatic rings. The van der Waals surface area contributed by atoms with Gasteiger partial charge in [0.05, 0.1) is 0 Å². The van der Waals surface area contributed by atoms with E-state index < -0.39 is 0 Å². The van der Waals surface area contributed by atoms with Crippen molar-refractivity contribution in [2.75, 3.05) is 13.1 Å². The first kappa shape index (κ1) is 8.09. The average Bonchev–Trinajstić information content (AvgIpc) is 2.06. The van der Waals surface area contributed by atoms with Crippen LogP contribution >= 0.6 is 0 Å². The number of terminal acetylenes is 1. The van der Waals surface area contributed by atoms with Gasteiger partial charge in [0.1, 0.15) is 0 Å². The van der Waals surface area contributed by atoms with Crippen LogP contribution < -0.4 is 10.6 Å². The molecule has 1 unspecified atom stereocenters. The minimum absolute atomic E-state index is 0.229. The first-order valence-corrected chi connectivity index (χ1v) is 3.81. The summed E-state index contributed by atoms with van der Waals surface area (Å²) in [6, 6.07) is 0.229. The average molecular weight is 152 g/mol. The Kier molecular flexibility index (Phi) is 2.94. The number of carbonyl (C=O) groups is 1. The molecule has 1 atom stereocenters. The molecule has 0 aromatic heterocycles. The molecule has 2 N–H and O–H groups in total. The highest BCUT2D eigenvalue weighted by molar-refractivity contribution is 5.93. The molecule has 1 heterocycles. The van der Waals surface area contributed by atoms with Crippen molar-refractivity contribution >= 4 is 5.91 Å². The van der Waals surface area contributed by atoms with Gasteiger partial charge < -0.3 is 10.6 Å². The summed E-state index contributed by atoms with van der Waals surface area (Å²) in [7, 11) is 0. The molecule has 3 nitrogen and oxygen atoms in total. The lowest BCUT2D eigenvalue weighted by atomic mass is 10.1. The topological polar surface area (TPSA) is 41.1 Å². The SMILES string of the molecule is C#CC(=O)NC1CCCNC1. The van der Waals surface area contributed by atoms with Gasteiger partial charge in [-0.15, -0.1) is 6.42 Å². The number of carbonyl (C=O) groups excluding carboxylic acids is 1. The summed E-state index contributed by atoms with van der Waals surface area (Å²) in [5.41, 5.74) is 0. The van der Waals surface area contributed by atoms with Crippen molar-refractivity contribution in [2.45, 2.75) is 18.9 Å². The molecule has 0 bridgehead atoms. The second kappa shape index (κ2) is 3.99. The van der Waals surface area contributed by atoms with E-state index in [-0.39, 0.29) is 11.9 Å². The zero-order valence-corrected chi connectivity index (χ0v) is 6.39. The Morgan fingerprint density at radius 2 is 2.55 bits per heavy atom. The zero-order valence-electron chi connectivity index (χ0n) is 6.39. The third-order valence-corrected chi connectivity index (χ3v) is 1.76. The Bertz CT molecular complexity index is 177. The molecule has 11 heavy (non-hydrogen) atoms. The fourth-order valence-electron chi connectivity index (χ4n) is 1.20. The van der Waals surface area contributed by atoms with Gasteiger partial charge in [0, 0.05) is 12.6 Å². The normalized spacial score (nSPS) is 23.7. The van der Waals surface area contributed by atoms with Crippen LogP contribution in [0.2, 0.25) is 0 Å². The number of rotatable bonds is 1. The Labute approximate surface area is 66.5 Å². The predicted octanol–water partition coefficient (Wildman–Crippen LogP) is -0.512. The fraction of sp³-hybridized carbons (Fsp3) is 0.625. The number of piperidine rings is 1. The van der Waals surface area contributed by atoms with Gasteiger partial charge in [0.25, 0.3) is 5.91 Å². The molecule has 60 valence electrons. The summed E-state index contributed by atoms with van der Waals surface area (Å²) >= 11 is 0. The first-order chi connectivity index (χ1) is 5.33. The Balaban J connectivity index is 2.25. The summed E-state index contributed by atoms with van der Waals surface area (Å²) < 4.78 is 0. The third kappa shape index (κ3) is 2.60. The maximum Gasteiger partial charge on any atom is 0.295 e. The second-order valence-electron chi connectivity index (χ2n) is 2.66. The number of hydrogen-bond donors (Lipinski definition) is 2. The van der Waals surface area contributed by atoms with E-state index in [0.717, 1.165) is 25.9 Å². The quantitative estimate of drug-likeness (QED) is 0.497. The van der Waals surface area contributed by atoms with Gasteiger partial charge in [0.15, 0.2) is 0 Å². The molecule has 1 aliphatic heterocycles. The second-order valence-corrected chi connectivity index (χ2v) is 2.66. The highest BCUT2D eigenvalue weighted by atomic mass is 16.1. The Hall–Kier alpha value is -1.01. The van der Waals surface area contributed by atoms with Gasteiger partial charge in [-0.3, -0.25) is 4.79 Å². The van der Waals surface area contributed by atoms with Crippen LogP contribution in [-0.4, -0.2) is 25.0 Å². The van der Waals surface area contributed by atoms with Crippen LogP contribution in [0.4, 0.5) is 0 Å². The van der Waals surface area contributed by atoms with E-state index in [1.54, 1.807) is 0 Å². The highest BCUT2D eigenvalue weighted by Crippen LogP contribution is 2.00. The van der Waals surface area contributed by atoms with E-state index in [0.29, 0.717) is 0 Å². The van der Waals surface area contributed by atoms with E-state index >= 15 is 0 Å². The molecule has 0 aromatic rings. The molecule has 1 fully saturated rings. The van der Waals surface area contributed by atoms with Crippen molar-refractivity contribution in [3.63, 3.8) is 0 Å². The van der Waals surface area contributed by atoms with Gasteiger partial charge in [-0.25, -0.2) is 0 Å². The summed E-state index contributed by atoms with van der Waals surface area (Å²) in [5, 5.41) is 5.91. The lowest BCUT2D eigenvalue weighted by Gasteiger charge is -2.22. The molecule has 0 saturated carbocycles. The zero-order chi connectivity index (χ0) is 8.10. The molecule has 1 rings (SSSR count). The lowest BCUT2D eigenvalue weighted by molar-refractivity contribution is -0.116. The van der Waals surface area contributed by atoms with Crippen LogP contribution in [0.1, 0.15) is 12.8 Å². The van der Waals surface area contributed by atoms with E-state index in [4.69, 9.17) is 6.42 Å². The van der Waals surface area contributed by atoms with Gasteiger partial charge in [-0.2, -0.15) is 0 Å². The smallest absolute Gasteiger partial charge is 0.295 e. The maximum atomic E-state index is 10.7. The standard InChI is InChI=1S/C8H12N2O/c1-2-8(11)10-7-4-3-5-9-6-7/h1,7,9H,3-6H2,(H,10,11). The molecule has 0 aliphatic carbocycles. The first-order valence-electron chi connectivity index (χ1n) is 3.81. The van der Waals surface area contributed by atoms with Crippen molar-refractivity contribution in [2.24, 2.45) is 0 Å². The lowest BCUT2D eigenvalue weighted by Crippen LogP contribution is -2.45. The summed E-state index contributed by atoms with van der Waals surface area (Å²) in [5.74, 6) is 1.73.